The van der Waals surface area contributed by atoms with Gasteiger partial charge in [0.25, 0.3) is 0 Å². The van der Waals surface area contributed by atoms with E-state index in [0.29, 0.717) is 0 Å². The van der Waals surface area contributed by atoms with E-state index in [1.165, 1.54) is 0 Å². The average Bonchev–Trinajstić information content (AvgIpc) is 2.81. The molecular formula is C26H23O2P. The lowest BCUT2D eigenvalue weighted by atomic mass is 10.0. The van der Waals surface area contributed by atoms with Gasteiger partial charge in [0.2, 0.25) is 0 Å². The molecule has 0 fully saturated rings. The van der Waals surface area contributed by atoms with Gasteiger partial charge in [-0.1, -0.05) is 121 Å². The Hall–Kier alpha value is -2.93. The molecule has 4 rings (SSSR count). The molecule has 4 aromatic rings. The van der Waals surface area contributed by atoms with Crippen molar-refractivity contribution in [2.45, 2.75) is 11.8 Å². The Balaban J connectivity index is 1.98. The van der Waals surface area contributed by atoms with Crippen molar-refractivity contribution in [3.8, 4) is 0 Å². The summed E-state index contributed by atoms with van der Waals surface area (Å²) in [6.45, 7) is 0. The Morgan fingerprint density at radius 2 is 0.862 bits per heavy atom. The number of hydrogen-bond donors (Lipinski definition) is 1. The molecule has 0 aliphatic heterocycles. The van der Waals surface area contributed by atoms with Crippen LogP contribution in [-0.4, -0.2) is 5.11 Å². The van der Waals surface area contributed by atoms with Gasteiger partial charge < -0.3 is 9.67 Å². The van der Waals surface area contributed by atoms with E-state index in [9.17, 15) is 9.67 Å². The normalized spacial score (nSPS) is 13.6. The molecule has 144 valence electrons. The van der Waals surface area contributed by atoms with Gasteiger partial charge in [0.05, 0.1) is 11.8 Å². The van der Waals surface area contributed by atoms with Crippen LogP contribution in [0, 0.1) is 0 Å². The summed E-state index contributed by atoms with van der Waals surface area (Å²) < 4.78 is 15.0. The van der Waals surface area contributed by atoms with Crippen molar-refractivity contribution in [1.29, 1.82) is 0 Å². The predicted molar refractivity (Wildman–Crippen MR) is 120 cm³/mol. The first kappa shape index (κ1) is 19.4. The van der Waals surface area contributed by atoms with Crippen LogP contribution in [0.15, 0.2) is 121 Å². The van der Waals surface area contributed by atoms with Gasteiger partial charge in [0, 0.05) is 10.6 Å². The molecule has 0 spiro atoms. The quantitative estimate of drug-likeness (QED) is 0.437. The second kappa shape index (κ2) is 8.61. The first-order chi connectivity index (χ1) is 14.2. The van der Waals surface area contributed by atoms with E-state index in [4.69, 9.17) is 0 Å². The molecule has 4 aromatic carbocycles. The van der Waals surface area contributed by atoms with E-state index in [-0.39, 0.29) is 0 Å². The van der Waals surface area contributed by atoms with Crippen LogP contribution in [0.25, 0.3) is 0 Å². The van der Waals surface area contributed by atoms with Crippen molar-refractivity contribution in [2.75, 3.05) is 0 Å². The maximum atomic E-state index is 15.0. The molecule has 29 heavy (non-hydrogen) atoms. The van der Waals surface area contributed by atoms with Crippen LogP contribution < -0.4 is 10.6 Å². The molecule has 0 aliphatic rings. The third kappa shape index (κ3) is 3.82. The largest absolute Gasteiger partial charge is 0.387 e. The minimum Gasteiger partial charge on any atom is -0.387 e. The topological polar surface area (TPSA) is 37.3 Å². The summed E-state index contributed by atoms with van der Waals surface area (Å²) in [6.07, 6.45) is -0.912. The second-order valence-electron chi connectivity index (χ2n) is 7.04. The van der Waals surface area contributed by atoms with Gasteiger partial charge in [0.15, 0.2) is 7.14 Å². The molecule has 0 saturated heterocycles. The highest BCUT2D eigenvalue weighted by Crippen LogP contribution is 2.61. The molecule has 0 amide bonds. The standard InChI is InChI=1S/C26H23O2P/c27-25(21-13-5-1-6-14-21)26(22-15-7-2-8-16-22)29(28,23-17-9-3-10-18-23)24-19-11-4-12-20-24/h1-20,25-27H/t25-,26+/m1/s1. The van der Waals surface area contributed by atoms with E-state index in [1.54, 1.807) is 0 Å². The molecule has 0 saturated carbocycles. The number of aliphatic hydroxyl groups is 1. The van der Waals surface area contributed by atoms with Crippen molar-refractivity contribution in [1.82, 2.24) is 0 Å². The van der Waals surface area contributed by atoms with Gasteiger partial charge in [-0.15, -0.1) is 0 Å². The number of aliphatic hydroxyl groups excluding tert-OH is 1. The van der Waals surface area contributed by atoms with Crippen molar-refractivity contribution >= 4 is 17.8 Å². The lowest BCUT2D eigenvalue weighted by molar-refractivity contribution is 0.171. The third-order valence-electron chi connectivity index (χ3n) is 5.25. The van der Waals surface area contributed by atoms with Crippen LogP contribution in [0.4, 0.5) is 0 Å². The van der Waals surface area contributed by atoms with Crippen LogP contribution in [-0.2, 0) is 4.57 Å². The highest BCUT2D eigenvalue weighted by Gasteiger charge is 2.42. The summed E-state index contributed by atoms with van der Waals surface area (Å²) in [6, 6.07) is 38.3. The highest BCUT2D eigenvalue weighted by atomic mass is 31.2. The highest BCUT2D eigenvalue weighted by molar-refractivity contribution is 7.79. The zero-order valence-electron chi connectivity index (χ0n) is 16.0. The first-order valence-corrected chi connectivity index (χ1v) is 11.5. The summed E-state index contributed by atoms with van der Waals surface area (Å²) in [7, 11) is -3.23. The van der Waals surface area contributed by atoms with Crippen LogP contribution in [0.2, 0.25) is 0 Å². The van der Waals surface area contributed by atoms with E-state index in [0.717, 1.165) is 21.7 Å². The Bertz CT molecular complexity index is 1040. The third-order valence-corrected chi connectivity index (χ3v) is 8.75. The lowest BCUT2D eigenvalue weighted by Crippen LogP contribution is -2.25. The van der Waals surface area contributed by atoms with Gasteiger partial charge in [-0.05, 0) is 11.1 Å². The maximum Gasteiger partial charge on any atom is 0.153 e. The van der Waals surface area contributed by atoms with Crippen molar-refractivity contribution in [2.24, 2.45) is 0 Å². The van der Waals surface area contributed by atoms with Gasteiger partial charge >= 0.3 is 0 Å². The summed E-state index contributed by atoms with van der Waals surface area (Å²) in [5.41, 5.74) is 1.02. The van der Waals surface area contributed by atoms with Crippen LogP contribution in [0.5, 0.6) is 0 Å². The zero-order chi connectivity index (χ0) is 20.1. The smallest absolute Gasteiger partial charge is 0.153 e. The van der Waals surface area contributed by atoms with Crippen LogP contribution >= 0.6 is 7.14 Å². The number of rotatable bonds is 6. The molecule has 0 heterocycles. The lowest BCUT2D eigenvalue weighted by Gasteiger charge is -2.33. The molecule has 0 bridgehead atoms. The predicted octanol–water partition coefficient (Wildman–Crippen LogP) is 5.48. The summed E-state index contributed by atoms with van der Waals surface area (Å²) in [5, 5.41) is 13.0. The van der Waals surface area contributed by atoms with E-state index < -0.39 is 18.9 Å². The average molecular weight is 398 g/mol. The van der Waals surface area contributed by atoms with Crippen LogP contribution in [0.3, 0.4) is 0 Å². The minimum atomic E-state index is -3.23. The minimum absolute atomic E-state index is 0.601. The molecule has 2 atom stereocenters. The zero-order valence-corrected chi connectivity index (χ0v) is 16.9. The van der Waals surface area contributed by atoms with Gasteiger partial charge in [-0.2, -0.15) is 0 Å². The Morgan fingerprint density at radius 1 is 0.517 bits per heavy atom. The van der Waals surface area contributed by atoms with Gasteiger partial charge in [-0.25, -0.2) is 0 Å². The summed E-state index contributed by atoms with van der Waals surface area (Å²) in [5.74, 6) is 0. The van der Waals surface area contributed by atoms with Gasteiger partial charge in [0.1, 0.15) is 0 Å². The van der Waals surface area contributed by atoms with Crippen LogP contribution in [0.1, 0.15) is 22.9 Å². The molecule has 2 nitrogen and oxygen atoms in total. The maximum absolute atomic E-state index is 15.0. The fourth-order valence-electron chi connectivity index (χ4n) is 3.84. The Kier molecular flexibility index (Phi) is 5.76. The fourth-order valence-corrected chi connectivity index (χ4v) is 7.18. The molecule has 1 N–H and O–H groups in total. The monoisotopic (exact) mass is 398 g/mol. The number of hydrogen-bond acceptors (Lipinski definition) is 2. The fraction of sp³-hybridized carbons (Fsp3) is 0.0769. The van der Waals surface area contributed by atoms with Crippen molar-refractivity contribution in [3.63, 3.8) is 0 Å². The van der Waals surface area contributed by atoms with E-state index in [1.807, 2.05) is 121 Å². The number of benzene rings is 4. The van der Waals surface area contributed by atoms with Crippen molar-refractivity contribution < 1.29 is 9.67 Å². The molecule has 0 aliphatic carbocycles. The summed E-state index contributed by atoms with van der Waals surface area (Å²) >= 11 is 0. The van der Waals surface area contributed by atoms with Gasteiger partial charge in [-0.3, -0.25) is 0 Å². The van der Waals surface area contributed by atoms with E-state index in [2.05, 4.69) is 0 Å². The first-order valence-electron chi connectivity index (χ1n) is 9.70. The SMILES string of the molecule is O=P(c1ccccc1)(c1ccccc1)[C@@H](c1ccccc1)[C@H](O)c1ccccc1. The Morgan fingerprint density at radius 3 is 1.28 bits per heavy atom. The molecular weight excluding hydrogens is 375 g/mol. The molecule has 0 unspecified atom stereocenters. The Labute approximate surface area is 171 Å². The molecule has 0 radical (unpaired) electrons. The summed E-state index contributed by atoms with van der Waals surface area (Å²) in [4.78, 5) is 0. The molecule has 0 aromatic heterocycles. The van der Waals surface area contributed by atoms with E-state index >= 15 is 0 Å². The second-order valence-corrected chi connectivity index (χ2v) is 9.95. The molecule has 3 heteroatoms. The van der Waals surface area contributed by atoms with Crippen molar-refractivity contribution in [3.05, 3.63) is 132 Å².